The molecule has 0 atom stereocenters. The average molecular weight is 552 g/mol. The lowest BCUT2D eigenvalue weighted by molar-refractivity contribution is 0.0713. The van der Waals surface area contributed by atoms with Crippen molar-refractivity contribution in [3.05, 3.63) is 89.9 Å². The molecule has 1 N–H and O–H groups in total. The van der Waals surface area contributed by atoms with Gasteiger partial charge in [-0.1, -0.05) is 6.08 Å². The fourth-order valence-electron chi connectivity index (χ4n) is 5.56. The standard InChI is InChI=1S/C31H33N7O3/c1-2-41-31(40)37-20-13-24(14-21-37)27-4-3-17-38-28(27)34-30(35-38)33-26-7-5-25(6-8-26)29(39)36-18-11-23(12-19-36)22-9-15-32-16-10-22/h3-10,13,15-17,23H,2,11-12,14,18-21H2,1H3,(H,33,35). The molecule has 5 heterocycles. The van der Waals surface area contributed by atoms with Gasteiger partial charge in [0, 0.05) is 61.6 Å². The Bertz CT molecular complexity index is 1560. The topological polar surface area (TPSA) is 105 Å². The first kappa shape index (κ1) is 26.5. The Morgan fingerprint density at radius 3 is 2.49 bits per heavy atom. The Hall–Kier alpha value is -4.73. The number of ether oxygens (including phenoxy) is 1. The van der Waals surface area contributed by atoms with Crippen molar-refractivity contribution in [3.63, 3.8) is 0 Å². The SMILES string of the molecule is CCOC(=O)N1CC=C(c2cccn3nc(Nc4ccc(C(=O)N5CCC(c6ccncc6)CC5)cc4)nc23)CC1. The quantitative estimate of drug-likeness (QED) is 0.354. The number of carbonyl (C=O) groups is 2. The normalized spacial score (nSPS) is 16.0. The Morgan fingerprint density at radius 1 is 1.00 bits per heavy atom. The molecule has 0 radical (unpaired) electrons. The molecule has 2 aliphatic heterocycles. The van der Waals surface area contributed by atoms with E-state index in [1.165, 1.54) is 5.56 Å². The fraction of sp³-hybridized carbons (Fsp3) is 0.323. The summed E-state index contributed by atoms with van der Waals surface area (Å²) in [5, 5.41) is 7.86. The number of fused-ring (bicyclic) bond motifs is 1. The molecule has 3 aromatic heterocycles. The molecular formula is C31H33N7O3. The molecule has 2 aliphatic rings. The number of hydrogen-bond donors (Lipinski definition) is 1. The van der Waals surface area contributed by atoms with Crippen molar-refractivity contribution in [1.82, 2.24) is 29.4 Å². The van der Waals surface area contributed by atoms with E-state index in [0.717, 1.165) is 48.4 Å². The maximum absolute atomic E-state index is 13.1. The summed E-state index contributed by atoms with van der Waals surface area (Å²) in [6.07, 6.45) is 9.92. The Kier molecular flexibility index (Phi) is 7.62. The van der Waals surface area contributed by atoms with E-state index in [2.05, 4.69) is 33.6 Å². The molecule has 2 amide bonds. The first-order valence-electron chi connectivity index (χ1n) is 14.1. The van der Waals surface area contributed by atoms with E-state index < -0.39 is 0 Å². The van der Waals surface area contributed by atoms with E-state index in [4.69, 9.17) is 9.72 Å². The van der Waals surface area contributed by atoms with Crippen LogP contribution in [0.3, 0.4) is 0 Å². The third-order valence-corrected chi connectivity index (χ3v) is 7.79. The summed E-state index contributed by atoms with van der Waals surface area (Å²) < 4.78 is 6.88. The van der Waals surface area contributed by atoms with Gasteiger partial charge in [-0.05, 0) is 91.8 Å². The van der Waals surface area contributed by atoms with Gasteiger partial charge in [0.05, 0.1) is 6.61 Å². The lowest BCUT2D eigenvalue weighted by atomic mass is 9.90. The van der Waals surface area contributed by atoms with Crippen molar-refractivity contribution in [3.8, 4) is 0 Å². The predicted octanol–water partition coefficient (Wildman–Crippen LogP) is 5.13. The van der Waals surface area contributed by atoms with Crippen LogP contribution in [0, 0.1) is 0 Å². The van der Waals surface area contributed by atoms with Crippen LogP contribution in [0.15, 0.2) is 73.2 Å². The van der Waals surface area contributed by atoms with Crippen molar-refractivity contribution < 1.29 is 14.3 Å². The van der Waals surface area contributed by atoms with E-state index in [9.17, 15) is 9.59 Å². The van der Waals surface area contributed by atoms with Crippen LogP contribution in [0.25, 0.3) is 11.2 Å². The molecular weight excluding hydrogens is 518 g/mol. The Morgan fingerprint density at radius 2 is 1.78 bits per heavy atom. The Labute approximate surface area is 238 Å². The lowest BCUT2D eigenvalue weighted by Gasteiger charge is -2.32. The monoisotopic (exact) mass is 551 g/mol. The molecule has 0 bridgehead atoms. The van der Waals surface area contributed by atoms with Gasteiger partial charge in [-0.25, -0.2) is 9.31 Å². The number of likely N-dealkylation sites (tertiary alicyclic amines) is 1. The van der Waals surface area contributed by atoms with Gasteiger partial charge < -0.3 is 19.9 Å². The first-order chi connectivity index (χ1) is 20.1. The van der Waals surface area contributed by atoms with Crippen molar-refractivity contribution in [2.45, 2.75) is 32.1 Å². The minimum Gasteiger partial charge on any atom is -0.450 e. The molecule has 1 saturated heterocycles. The number of piperidine rings is 1. The van der Waals surface area contributed by atoms with Gasteiger partial charge in [0.2, 0.25) is 5.95 Å². The number of amides is 2. The van der Waals surface area contributed by atoms with Crippen LogP contribution in [0.2, 0.25) is 0 Å². The second-order valence-electron chi connectivity index (χ2n) is 10.3. The van der Waals surface area contributed by atoms with Gasteiger partial charge in [-0.3, -0.25) is 9.78 Å². The summed E-state index contributed by atoms with van der Waals surface area (Å²) in [5.41, 5.74) is 5.63. The molecule has 1 fully saturated rings. The van der Waals surface area contributed by atoms with Gasteiger partial charge in [0.1, 0.15) is 0 Å². The lowest BCUT2D eigenvalue weighted by Crippen LogP contribution is -2.37. The predicted molar refractivity (Wildman–Crippen MR) is 156 cm³/mol. The number of aromatic nitrogens is 4. The minimum absolute atomic E-state index is 0.0579. The van der Waals surface area contributed by atoms with Crippen molar-refractivity contribution in [1.29, 1.82) is 0 Å². The number of carbonyl (C=O) groups excluding carboxylic acids is 2. The molecule has 41 heavy (non-hydrogen) atoms. The zero-order valence-electron chi connectivity index (χ0n) is 23.1. The number of benzene rings is 1. The van der Waals surface area contributed by atoms with Crippen LogP contribution in [-0.4, -0.2) is 74.2 Å². The number of pyridine rings is 2. The summed E-state index contributed by atoms with van der Waals surface area (Å²) in [4.78, 5) is 37.7. The highest BCUT2D eigenvalue weighted by Gasteiger charge is 2.25. The summed E-state index contributed by atoms with van der Waals surface area (Å²) in [6, 6.07) is 15.6. The fourth-order valence-corrected chi connectivity index (χ4v) is 5.56. The zero-order valence-corrected chi connectivity index (χ0v) is 23.1. The number of nitrogens with zero attached hydrogens (tertiary/aromatic N) is 6. The zero-order chi connectivity index (χ0) is 28.2. The summed E-state index contributed by atoms with van der Waals surface area (Å²) >= 11 is 0. The van der Waals surface area contributed by atoms with Crippen LogP contribution in [-0.2, 0) is 4.74 Å². The second-order valence-corrected chi connectivity index (χ2v) is 10.3. The Balaban J connectivity index is 1.09. The van der Waals surface area contributed by atoms with Gasteiger partial charge >= 0.3 is 6.09 Å². The van der Waals surface area contributed by atoms with Gasteiger partial charge in [-0.2, -0.15) is 4.98 Å². The molecule has 1 aromatic carbocycles. The van der Waals surface area contributed by atoms with E-state index in [-0.39, 0.29) is 12.0 Å². The molecule has 0 aliphatic carbocycles. The number of nitrogens with one attached hydrogen (secondary N) is 1. The molecule has 4 aromatic rings. The van der Waals surface area contributed by atoms with E-state index in [1.54, 1.807) is 9.42 Å². The van der Waals surface area contributed by atoms with Crippen LogP contribution < -0.4 is 5.32 Å². The number of anilines is 2. The maximum atomic E-state index is 13.1. The van der Waals surface area contributed by atoms with Gasteiger partial charge in [0.25, 0.3) is 5.91 Å². The van der Waals surface area contributed by atoms with Crippen molar-refractivity contribution >= 4 is 34.9 Å². The summed E-state index contributed by atoms with van der Waals surface area (Å²) in [6.45, 7) is 4.77. The third kappa shape index (κ3) is 5.77. The van der Waals surface area contributed by atoms with Gasteiger partial charge in [-0.15, -0.1) is 5.10 Å². The molecule has 10 heteroatoms. The highest BCUT2D eigenvalue weighted by molar-refractivity contribution is 5.94. The highest BCUT2D eigenvalue weighted by atomic mass is 16.6. The largest absolute Gasteiger partial charge is 0.450 e. The smallest absolute Gasteiger partial charge is 0.410 e. The van der Waals surface area contributed by atoms with E-state index >= 15 is 0 Å². The third-order valence-electron chi connectivity index (χ3n) is 7.79. The molecule has 6 rings (SSSR count). The second kappa shape index (κ2) is 11.8. The van der Waals surface area contributed by atoms with Gasteiger partial charge in [0.15, 0.2) is 5.65 Å². The van der Waals surface area contributed by atoms with Crippen LogP contribution in [0.4, 0.5) is 16.4 Å². The molecule has 0 saturated carbocycles. The molecule has 0 spiro atoms. The molecule has 10 nitrogen and oxygen atoms in total. The van der Waals surface area contributed by atoms with Crippen LogP contribution in [0.5, 0.6) is 0 Å². The van der Waals surface area contributed by atoms with Crippen LogP contribution in [0.1, 0.15) is 53.6 Å². The molecule has 0 unspecified atom stereocenters. The van der Waals surface area contributed by atoms with E-state index in [0.29, 0.717) is 43.5 Å². The number of rotatable bonds is 6. The van der Waals surface area contributed by atoms with Crippen LogP contribution >= 0.6 is 0 Å². The van der Waals surface area contributed by atoms with Crippen molar-refractivity contribution in [2.75, 3.05) is 38.1 Å². The summed E-state index contributed by atoms with van der Waals surface area (Å²) in [5.74, 6) is 1.00. The molecule has 210 valence electrons. The maximum Gasteiger partial charge on any atom is 0.410 e. The average Bonchev–Trinajstić information content (AvgIpc) is 3.44. The van der Waals surface area contributed by atoms with Crippen molar-refractivity contribution in [2.24, 2.45) is 0 Å². The minimum atomic E-state index is -0.284. The first-order valence-corrected chi connectivity index (χ1v) is 14.1. The number of hydrogen-bond acceptors (Lipinski definition) is 7. The highest BCUT2D eigenvalue weighted by Crippen LogP contribution is 2.29. The summed E-state index contributed by atoms with van der Waals surface area (Å²) in [7, 11) is 0. The van der Waals surface area contributed by atoms with E-state index in [1.807, 2.05) is 66.8 Å².